The van der Waals surface area contributed by atoms with E-state index in [1.54, 1.807) is 23.2 Å². The summed E-state index contributed by atoms with van der Waals surface area (Å²) in [5.74, 6) is -0.576. The maximum atomic E-state index is 12.7. The van der Waals surface area contributed by atoms with Crippen LogP contribution in [0, 0.1) is 0 Å². The van der Waals surface area contributed by atoms with Gasteiger partial charge >= 0.3 is 5.97 Å². The summed E-state index contributed by atoms with van der Waals surface area (Å²) < 4.78 is 5.19. The van der Waals surface area contributed by atoms with Gasteiger partial charge in [-0.05, 0) is 40.9 Å². The number of hydrogen-bond acceptors (Lipinski definition) is 4. The lowest BCUT2D eigenvalue weighted by atomic mass is 10.1. The highest BCUT2D eigenvalue weighted by Crippen LogP contribution is 2.26. The molecule has 0 aromatic carbocycles. The minimum absolute atomic E-state index is 0.0126. The third-order valence-corrected chi connectivity index (χ3v) is 4.17. The van der Waals surface area contributed by atoms with Gasteiger partial charge in [0, 0.05) is 12.2 Å². The fourth-order valence-electron chi connectivity index (χ4n) is 2.49. The standard InChI is InChI=1S/C14H17BrN2O3/c1-20-12(18)9-17(10-5-2-3-6-10)14(19)11-7-4-8-16-13(11)15/h4,7-8,10H,2-3,5-6,9H2,1H3. The number of nitrogens with zero attached hydrogens (tertiary/aromatic N) is 2. The van der Waals surface area contributed by atoms with Crippen LogP contribution in [0.2, 0.25) is 0 Å². The Hall–Kier alpha value is -1.43. The first-order valence-corrected chi connectivity index (χ1v) is 7.41. The van der Waals surface area contributed by atoms with E-state index in [9.17, 15) is 9.59 Å². The molecule has 0 radical (unpaired) electrons. The van der Waals surface area contributed by atoms with Crippen LogP contribution < -0.4 is 0 Å². The maximum Gasteiger partial charge on any atom is 0.325 e. The third kappa shape index (κ3) is 3.36. The summed E-state index contributed by atoms with van der Waals surface area (Å²) in [6.07, 6.45) is 5.65. The molecular weight excluding hydrogens is 324 g/mol. The molecule has 20 heavy (non-hydrogen) atoms. The molecular formula is C14H17BrN2O3. The number of carbonyl (C=O) groups is 2. The van der Waals surface area contributed by atoms with Crippen molar-refractivity contribution >= 4 is 27.8 Å². The van der Waals surface area contributed by atoms with Crippen LogP contribution in [0.1, 0.15) is 36.0 Å². The van der Waals surface area contributed by atoms with Crippen molar-refractivity contribution in [1.82, 2.24) is 9.88 Å². The van der Waals surface area contributed by atoms with E-state index in [2.05, 4.69) is 20.9 Å². The highest BCUT2D eigenvalue weighted by molar-refractivity contribution is 9.10. The second-order valence-corrected chi connectivity index (χ2v) is 5.54. The third-order valence-electron chi connectivity index (χ3n) is 3.54. The van der Waals surface area contributed by atoms with Crippen molar-refractivity contribution in [3.63, 3.8) is 0 Å². The molecule has 0 saturated heterocycles. The Kier molecular flexibility index (Phi) is 5.11. The smallest absolute Gasteiger partial charge is 0.325 e. The number of pyridine rings is 1. The van der Waals surface area contributed by atoms with E-state index in [0.717, 1.165) is 25.7 Å². The van der Waals surface area contributed by atoms with Gasteiger partial charge in [0.1, 0.15) is 11.1 Å². The summed E-state index contributed by atoms with van der Waals surface area (Å²) in [6.45, 7) is -0.0126. The number of halogens is 1. The zero-order chi connectivity index (χ0) is 14.5. The van der Waals surface area contributed by atoms with Gasteiger partial charge in [0.2, 0.25) is 0 Å². The molecule has 0 spiro atoms. The predicted octanol–water partition coefficient (Wildman–Crippen LogP) is 2.40. The van der Waals surface area contributed by atoms with Crippen LogP contribution in [0.4, 0.5) is 0 Å². The number of hydrogen-bond donors (Lipinski definition) is 0. The van der Waals surface area contributed by atoms with Gasteiger partial charge in [0.15, 0.2) is 0 Å². The van der Waals surface area contributed by atoms with Crippen LogP contribution in [0.15, 0.2) is 22.9 Å². The van der Waals surface area contributed by atoms with E-state index in [0.29, 0.717) is 10.2 Å². The Balaban J connectivity index is 2.23. The Labute approximate surface area is 126 Å². The number of ether oxygens (including phenoxy) is 1. The zero-order valence-electron chi connectivity index (χ0n) is 11.3. The Morgan fingerprint density at radius 2 is 2.15 bits per heavy atom. The molecule has 1 fully saturated rings. The van der Waals surface area contributed by atoms with Crippen molar-refractivity contribution in [2.45, 2.75) is 31.7 Å². The van der Waals surface area contributed by atoms with E-state index in [4.69, 9.17) is 4.74 Å². The minimum Gasteiger partial charge on any atom is -0.468 e. The molecule has 0 N–H and O–H groups in total. The van der Waals surface area contributed by atoms with Gasteiger partial charge in [-0.25, -0.2) is 4.98 Å². The summed E-state index contributed by atoms with van der Waals surface area (Å²) in [6, 6.07) is 3.52. The molecule has 1 heterocycles. The van der Waals surface area contributed by atoms with E-state index in [1.807, 2.05) is 0 Å². The molecule has 0 bridgehead atoms. The molecule has 0 atom stereocenters. The number of rotatable bonds is 4. The van der Waals surface area contributed by atoms with Crippen molar-refractivity contribution in [3.05, 3.63) is 28.5 Å². The van der Waals surface area contributed by atoms with Crippen molar-refractivity contribution in [2.24, 2.45) is 0 Å². The van der Waals surface area contributed by atoms with Gasteiger partial charge in [-0.15, -0.1) is 0 Å². The van der Waals surface area contributed by atoms with E-state index in [1.165, 1.54) is 7.11 Å². The topological polar surface area (TPSA) is 59.5 Å². The number of esters is 1. The van der Waals surface area contributed by atoms with Gasteiger partial charge in [-0.3, -0.25) is 9.59 Å². The monoisotopic (exact) mass is 340 g/mol. The summed E-state index contributed by atoms with van der Waals surface area (Å²) in [7, 11) is 1.33. The lowest BCUT2D eigenvalue weighted by molar-refractivity contribution is -0.141. The lowest BCUT2D eigenvalue weighted by Crippen LogP contribution is -2.42. The number of amides is 1. The first kappa shape index (κ1) is 15.0. The summed E-state index contributed by atoms with van der Waals surface area (Å²) in [5, 5.41) is 0. The van der Waals surface area contributed by atoms with E-state index < -0.39 is 5.97 Å². The molecule has 1 aliphatic rings. The van der Waals surface area contributed by atoms with Gasteiger partial charge < -0.3 is 9.64 Å². The van der Waals surface area contributed by atoms with Gasteiger partial charge in [0.05, 0.1) is 12.7 Å². The van der Waals surface area contributed by atoms with Crippen LogP contribution in [0.5, 0.6) is 0 Å². The minimum atomic E-state index is -0.398. The quantitative estimate of drug-likeness (QED) is 0.623. The second kappa shape index (κ2) is 6.83. The largest absolute Gasteiger partial charge is 0.468 e. The van der Waals surface area contributed by atoms with E-state index in [-0.39, 0.29) is 18.5 Å². The Morgan fingerprint density at radius 1 is 1.45 bits per heavy atom. The van der Waals surface area contributed by atoms with Gasteiger partial charge in [-0.1, -0.05) is 12.8 Å². The van der Waals surface area contributed by atoms with Crippen molar-refractivity contribution in [2.75, 3.05) is 13.7 Å². The van der Waals surface area contributed by atoms with Crippen LogP contribution in [0.25, 0.3) is 0 Å². The predicted molar refractivity (Wildman–Crippen MR) is 77.2 cm³/mol. The Bertz CT molecular complexity index is 501. The SMILES string of the molecule is COC(=O)CN(C(=O)c1cccnc1Br)C1CCCC1. The number of aromatic nitrogens is 1. The van der Waals surface area contributed by atoms with Crippen LogP contribution >= 0.6 is 15.9 Å². The molecule has 0 unspecified atom stereocenters. The second-order valence-electron chi connectivity index (χ2n) is 4.79. The van der Waals surface area contributed by atoms with Gasteiger partial charge in [-0.2, -0.15) is 0 Å². The van der Waals surface area contributed by atoms with Gasteiger partial charge in [0.25, 0.3) is 5.91 Å². The molecule has 1 amide bonds. The maximum absolute atomic E-state index is 12.7. The average Bonchev–Trinajstić information content (AvgIpc) is 2.98. The molecule has 108 valence electrons. The molecule has 0 aliphatic heterocycles. The van der Waals surface area contributed by atoms with Crippen molar-refractivity contribution in [1.29, 1.82) is 0 Å². The average molecular weight is 341 g/mol. The zero-order valence-corrected chi connectivity index (χ0v) is 12.9. The molecule has 5 nitrogen and oxygen atoms in total. The normalized spacial score (nSPS) is 15.1. The lowest BCUT2D eigenvalue weighted by Gasteiger charge is -2.28. The van der Waals surface area contributed by atoms with Crippen LogP contribution in [-0.4, -0.2) is 41.5 Å². The first-order valence-electron chi connectivity index (χ1n) is 6.61. The molecule has 1 aromatic heterocycles. The van der Waals surface area contributed by atoms with E-state index >= 15 is 0 Å². The molecule has 1 aromatic rings. The van der Waals surface area contributed by atoms with Crippen molar-refractivity contribution < 1.29 is 14.3 Å². The summed E-state index contributed by atoms with van der Waals surface area (Å²) in [5.41, 5.74) is 0.475. The number of carbonyl (C=O) groups excluding carboxylic acids is 2. The van der Waals surface area contributed by atoms with Crippen LogP contribution in [0.3, 0.4) is 0 Å². The fraction of sp³-hybridized carbons (Fsp3) is 0.500. The molecule has 6 heteroatoms. The summed E-state index contributed by atoms with van der Waals surface area (Å²) in [4.78, 5) is 29.9. The van der Waals surface area contributed by atoms with Crippen molar-refractivity contribution in [3.8, 4) is 0 Å². The molecule has 1 aliphatic carbocycles. The number of methoxy groups -OCH3 is 1. The fourth-order valence-corrected chi connectivity index (χ4v) is 2.91. The van der Waals surface area contributed by atoms with Crippen LogP contribution in [-0.2, 0) is 9.53 Å². The first-order chi connectivity index (χ1) is 9.63. The molecule has 1 saturated carbocycles. The Morgan fingerprint density at radius 3 is 2.75 bits per heavy atom. The highest BCUT2D eigenvalue weighted by atomic mass is 79.9. The summed E-state index contributed by atoms with van der Waals surface area (Å²) >= 11 is 3.28. The molecule has 2 rings (SSSR count). The highest BCUT2D eigenvalue weighted by Gasteiger charge is 2.30.